The maximum absolute atomic E-state index is 12.3. The third kappa shape index (κ3) is 3.46. The summed E-state index contributed by atoms with van der Waals surface area (Å²) in [7, 11) is 1.84. The second-order valence-corrected chi connectivity index (χ2v) is 5.26. The van der Waals surface area contributed by atoms with Crippen molar-refractivity contribution in [1.82, 2.24) is 20.1 Å². The van der Waals surface area contributed by atoms with E-state index in [1.54, 1.807) is 10.9 Å². The first kappa shape index (κ1) is 15.2. The number of aromatic nitrogens is 3. The van der Waals surface area contributed by atoms with Crippen LogP contribution in [0.2, 0.25) is 0 Å². The topological polar surface area (TPSA) is 85.8 Å². The third-order valence-corrected chi connectivity index (χ3v) is 3.63. The van der Waals surface area contributed by atoms with Crippen molar-refractivity contribution in [3.05, 3.63) is 48.0 Å². The van der Waals surface area contributed by atoms with E-state index >= 15 is 0 Å². The van der Waals surface area contributed by atoms with Gasteiger partial charge in [0.05, 0.1) is 12.0 Å². The highest BCUT2D eigenvalue weighted by molar-refractivity contribution is 5.79. The first-order chi connectivity index (χ1) is 10.0. The van der Waals surface area contributed by atoms with Gasteiger partial charge < -0.3 is 15.6 Å². The highest BCUT2D eigenvalue weighted by Crippen LogP contribution is 2.20. The maximum Gasteiger partial charge on any atom is 0.225 e. The minimum atomic E-state index is -0.335. The molecular weight excluding hydrogens is 266 g/mol. The van der Waals surface area contributed by atoms with Gasteiger partial charge in [-0.2, -0.15) is 0 Å². The van der Waals surface area contributed by atoms with Crippen LogP contribution in [0.3, 0.4) is 0 Å². The molecule has 3 atom stereocenters. The van der Waals surface area contributed by atoms with E-state index in [9.17, 15) is 4.79 Å². The quantitative estimate of drug-likeness (QED) is 0.868. The molecule has 6 heteroatoms. The molecule has 0 saturated carbocycles. The van der Waals surface area contributed by atoms with Gasteiger partial charge in [0.25, 0.3) is 0 Å². The van der Waals surface area contributed by atoms with Crippen molar-refractivity contribution >= 4 is 5.91 Å². The molecule has 0 aliphatic rings. The lowest BCUT2D eigenvalue weighted by Crippen LogP contribution is -2.37. The van der Waals surface area contributed by atoms with Crippen molar-refractivity contribution in [2.45, 2.75) is 25.9 Å². The molecule has 3 unspecified atom stereocenters. The van der Waals surface area contributed by atoms with Crippen molar-refractivity contribution in [2.75, 3.05) is 0 Å². The van der Waals surface area contributed by atoms with Gasteiger partial charge in [0.1, 0.15) is 6.33 Å². The van der Waals surface area contributed by atoms with Gasteiger partial charge in [0, 0.05) is 13.1 Å². The van der Waals surface area contributed by atoms with Gasteiger partial charge in [0.2, 0.25) is 5.91 Å². The number of carbonyl (C=O) groups excluding carboxylic acids is 1. The number of amides is 1. The molecule has 2 rings (SSSR count). The maximum atomic E-state index is 12.3. The van der Waals surface area contributed by atoms with E-state index in [0.29, 0.717) is 5.82 Å². The molecule has 1 aromatic heterocycles. The number of benzene rings is 1. The van der Waals surface area contributed by atoms with Crippen molar-refractivity contribution in [3.63, 3.8) is 0 Å². The van der Waals surface area contributed by atoms with Gasteiger partial charge in [0.15, 0.2) is 5.82 Å². The Hall–Kier alpha value is -2.21. The highest BCUT2D eigenvalue weighted by atomic mass is 16.2. The molecule has 2 aromatic rings. The number of hydrogen-bond donors (Lipinski definition) is 2. The van der Waals surface area contributed by atoms with Crippen LogP contribution >= 0.6 is 0 Å². The zero-order valence-electron chi connectivity index (χ0n) is 12.5. The van der Waals surface area contributed by atoms with Crippen LogP contribution < -0.4 is 11.1 Å². The van der Waals surface area contributed by atoms with E-state index in [1.165, 1.54) is 0 Å². The number of nitrogens with zero attached hydrogens (tertiary/aromatic N) is 3. The Kier molecular flexibility index (Phi) is 4.70. The predicted molar refractivity (Wildman–Crippen MR) is 80.1 cm³/mol. The Bertz CT molecular complexity index is 595. The van der Waals surface area contributed by atoms with Crippen LogP contribution in [0, 0.1) is 5.92 Å². The average Bonchev–Trinajstić information content (AvgIpc) is 2.92. The molecule has 1 heterocycles. The van der Waals surface area contributed by atoms with Gasteiger partial charge >= 0.3 is 0 Å². The smallest absolute Gasteiger partial charge is 0.225 e. The molecule has 0 aliphatic carbocycles. The Balaban J connectivity index is 2.01. The molecule has 3 N–H and O–H groups in total. The van der Waals surface area contributed by atoms with Gasteiger partial charge in [-0.1, -0.05) is 37.3 Å². The summed E-state index contributed by atoms with van der Waals surface area (Å²) < 4.78 is 1.78. The van der Waals surface area contributed by atoms with Crippen molar-refractivity contribution in [2.24, 2.45) is 18.7 Å². The first-order valence-corrected chi connectivity index (χ1v) is 6.95. The van der Waals surface area contributed by atoms with Crippen molar-refractivity contribution in [1.29, 1.82) is 0 Å². The highest BCUT2D eigenvalue weighted by Gasteiger charge is 2.24. The van der Waals surface area contributed by atoms with Gasteiger partial charge in [-0.15, -0.1) is 10.2 Å². The molecular formula is C15H21N5O. The summed E-state index contributed by atoms with van der Waals surface area (Å²) in [5, 5.41) is 10.7. The van der Waals surface area contributed by atoms with E-state index in [4.69, 9.17) is 5.73 Å². The van der Waals surface area contributed by atoms with Crippen LogP contribution in [0.25, 0.3) is 0 Å². The molecule has 112 valence electrons. The summed E-state index contributed by atoms with van der Waals surface area (Å²) in [5.41, 5.74) is 7.12. The van der Waals surface area contributed by atoms with Crippen LogP contribution in [0.5, 0.6) is 0 Å². The summed E-state index contributed by atoms with van der Waals surface area (Å²) in [6.45, 7) is 3.71. The second-order valence-electron chi connectivity index (χ2n) is 5.26. The van der Waals surface area contributed by atoms with E-state index in [0.717, 1.165) is 5.56 Å². The van der Waals surface area contributed by atoms with Gasteiger partial charge in [-0.05, 0) is 12.5 Å². The van der Waals surface area contributed by atoms with Crippen molar-refractivity contribution < 1.29 is 4.79 Å². The molecule has 0 radical (unpaired) electrons. The summed E-state index contributed by atoms with van der Waals surface area (Å²) in [6.07, 6.45) is 1.61. The Morgan fingerprint density at radius 2 is 1.95 bits per heavy atom. The first-order valence-electron chi connectivity index (χ1n) is 6.95. The van der Waals surface area contributed by atoms with Gasteiger partial charge in [-0.3, -0.25) is 4.79 Å². The van der Waals surface area contributed by atoms with Crippen LogP contribution in [0.4, 0.5) is 0 Å². The molecule has 0 fully saturated rings. The third-order valence-electron chi connectivity index (χ3n) is 3.63. The summed E-state index contributed by atoms with van der Waals surface area (Å²) in [6, 6.07) is 9.08. The summed E-state index contributed by atoms with van der Waals surface area (Å²) in [4.78, 5) is 12.3. The second kappa shape index (κ2) is 6.49. The van der Waals surface area contributed by atoms with Crippen LogP contribution in [0.1, 0.15) is 37.3 Å². The van der Waals surface area contributed by atoms with Crippen LogP contribution in [-0.2, 0) is 11.8 Å². The molecule has 0 saturated heterocycles. The number of hydrogen-bond acceptors (Lipinski definition) is 4. The molecule has 6 nitrogen and oxygen atoms in total. The predicted octanol–water partition coefficient (Wildman–Crippen LogP) is 1.33. The lowest BCUT2D eigenvalue weighted by molar-refractivity contribution is -0.125. The Labute approximate surface area is 124 Å². The lowest BCUT2D eigenvalue weighted by Gasteiger charge is -2.22. The normalized spacial score (nSPS) is 15.2. The fourth-order valence-electron chi connectivity index (χ4n) is 2.22. The lowest BCUT2D eigenvalue weighted by atomic mass is 9.94. The standard InChI is InChI=1S/C15H21N5O/c1-10(13(16)12-7-5-4-6-8-12)15(21)18-11(2)14-19-17-9-20(14)3/h4-11,13H,16H2,1-3H3,(H,18,21). The molecule has 0 spiro atoms. The summed E-state index contributed by atoms with van der Waals surface area (Å²) in [5.74, 6) is 0.286. The molecule has 1 amide bonds. The number of nitrogens with one attached hydrogen (secondary N) is 1. The fourth-order valence-corrected chi connectivity index (χ4v) is 2.22. The Morgan fingerprint density at radius 3 is 2.52 bits per heavy atom. The minimum absolute atomic E-state index is 0.0955. The van der Waals surface area contributed by atoms with E-state index in [-0.39, 0.29) is 23.9 Å². The van der Waals surface area contributed by atoms with Crippen LogP contribution in [-0.4, -0.2) is 20.7 Å². The van der Waals surface area contributed by atoms with E-state index in [2.05, 4.69) is 15.5 Å². The van der Waals surface area contributed by atoms with E-state index < -0.39 is 0 Å². The molecule has 1 aromatic carbocycles. The van der Waals surface area contributed by atoms with Gasteiger partial charge in [-0.25, -0.2) is 0 Å². The number of nitrogens with two attached hydrogens (primary N) is 1. The largest absolute Gasteiger partial charge is 0.346 e. The number of rotatable bonds is 5. The zero-order valence-corrected chi connectivity index (χ0v) is 12.5. The van der Waals surface area contributed by atoms with E-state index in [1.807, 2.05) is 51.2 Å². The molecule has 0 aliphatic heterocycles. The van der Waals surface area contributed by atoms with Crippen LogP contribution in [0.15, 0.2) is 36.7 Å². The average molecular weight is 287 g/mol. The monoisotopic (exact) mass is 287 g/mol. The number of aryl methyl sites for hydroxylation is 1. The van der Waals surface area contributed by atoms with Crippen molar-refractivity contribution in [3.8, 4) is 0 Å². The zero-order chi connectivity index (χ0) is 15.4. The molecule has 0 bridgehead atoms. The Morgan fingerprint density at radius 1 is 1.29 bits per heavy atom. The number of carbonyl (C=O) groups is 1. The molecule has 21 heavy (non-hydrogen) atoms. The SMILES string of the molecule is CC(NC(=O)C(C)C(N)c1ccccc1)c1nncn1C. The fraction of sp³-hybridized carbons (Fsp3) is 0.400. The summed E-state index contributed by atoms with van der Waals surface area (Å²) >= 11 is 0. The minimum Gasteiger partial charge on any atom is -0.346 e.